The summed E-state index contributed by atoms with van der Waals surface area (Å²) in [5.74, 6) is 0. The second kappa shape index (κ2) is 5.30. The summed E-state index contributed by atoms with van der Waals surface area (Å²) in [6.07, 6.45) is 1.74. The molecule has 0 saturated carbocycles. The van der Waals surface area contributed by atoms with Crippen molar-refractivity contribution < 1.29 is 5.11 Å². The van der Waals surface area contributed by atoms with Gasteiger partial charge >= 0.3 is 0 Å². The third-order valence-electron chi connectivity index (χ3n) is 2.62. The molecule has 1 unspecified atom stereocenters. The lowest BCUT2D eigenvalue weighted by molar-refractivity contribution is 0.173. The molecule has 0 fully saturated rings. The Bertz CT molecular complexity index is 479. The Hall–Kier alpha value is -1.38. The van der Waals surface area contributed by atoms with Gasteiger partial charge in [-0.3, -0.25) is 4.98 Å². The van der Waals surface area contributed by atoms with E-state index in [-0.39, 0.29) is 0 Å². The summed E-state index contributed by atoms with van der Waals surface area (Å²) < 4.78 is 0. The number of aliphatic hydroxyl groups is 1. The van der Waals surface area contributed by atoms with E-state index in [1.54, 1.807) is 6.20 Å². The Kier molecular flexibility index (Phi) is 3.77. The van der Waals surface area contributed by atoms with Gasteiger partial charge in [-0.15, -0.1) is 0 Å². The number of aryl methyl sites for hydroxylation is 1. The van der Waals surface area contributed by atoms with E-state index in [4.69, 9.17) is 11.6 Å². The Labute approximate surface area is 106 Å². The summed E-state index contributed by atoms with van der Waals surface area (Å²) in [7, 11) is 0. The Balaban J connectivity index is 2.08. The first-order valence-corrected chi connectivity index (χ1v) is 5.88. The monoisotopic (exact) mass is 247 g/mol. The van der Waals surface area contributed by atoms with Crippen LogP contribution in [0.5, 0.6) is 0 Å². The molecule has 17 heavy (non-hydrogen) atoms. The van der Waals surface area contributed by atoms with Crippen molar-refractivity contribution in [2.75, 3.05) is 0 Å². The fourth-order valence-corrected chi connectivity index (χ4v) is 1.75. The standard InChI is InChI=1S/C14H14ClNO/c1-10-2-7-13(16-9-10)14(17)8-11-3-5-12(15)6-4-11/h2-7,9,14,17H,8H2,1H3. The molecule has 0 aliphatic carbocycles. The third-order valence-corrected chi connectivity index (χ3v) is 2.87. The van der Waals surface area contributed by atoms with Crippen LogP contribution in [-0.4, -0.2) is 10.1 Å². The SMILES string of the molecule is Cc1ccc(C(O)Cc2ccc(Cl)cc2)nc1. The van der Waals surface area contributed by atoms with E-state index in [1.165, 1.54) is 0 Å². The lowest BCUT2D eigenvalue weighted by Gasteiger charge is -2.10. The van der Waals surface area contributed by atoms with Crippen molar-refractivity contribution in [3.8, 4) is 0 Å². The Morgan fingerprint density at radius 1 is 1.18 bits per heavy atom. The zero-order valence-electron chi connectivity index (χ0n) is 9.60. The fraction of sp³-hybridized carbons (Fsp3) is 0.214. The molecule has 1 aromatic carbocycles. The number of aromatic nitrogens is 1. The minimum absolute atomic E-state index is 0.549. The lowest BCUT2D eigenvalue weighted by atomic mass is 10.1. The average molecular weight is 248 g/mol. The second-order valence-electron chi connectivity index (χ2n) is 4.11. The average Bonchev–Trinajstić information content (AvgIpc) is 2.33. The lowest BCUT2D eigenvalue weighted by Crippen LogP contribution is -2.04. The summed E-state index contributed by atoms with van der Waals surface area (Å²) in [6, 6.07) is 11.3. The molecule has 0 bridgehead atoms. The van der Waals surface area contributed by atoms with Gasteiger partial charge in [0.25, 0.3) is 0 Å². The highest BCUT2D eigenvalue weighted by atomic mass is 35.5. The summed E-state index contributed by atoms with van der Waals surface area (Å²) in [4.78, 5) is 4.22. The van der Waals surface area contributed by atoms with Gasteiger partial charge in [0.1, 0.15) is 0 Å². The molecule has 2 rings (SSSR count). The molecule has 0 aliphatic rings. The third kappa shape index (κ3) is 3.29. The maximum absolute atomic E-state index is 10.0. The largest absolute Gasteiger partial charge is 0.386 e. The molecule has 2 nitrogen and oxygen atoms in total. The van der Waals surface area contributed by atoms with Gasteiger partial charge in [0.15, 0.2) is 0 Å². The van der Waals surface area contributed by atoms with E-state index in [1.807, 2.05) is 43.3 Å². The summed E-state index contributed by atoms with van der Waals surface area (Å²) >= 11 is 5.81. The number of hydrogen-bond donors (Lipinski definition) is 1. The van der Waals surface area contributed by atoms with E-state index in [0.717, 1.165) is 11.1 Å². The number of rotatable bonds is 3. The number of nitrogens with zero attached hydrogens (tertiary/aromatic N) is 1. The topological polar surface area (TPSA) is 33.1 Å². The highest BCUT2D eigenvalue weighted by Gasteiger charge is 2.09. The van der Waals surface area contributed by atoms with E-state index < -0.39 is 6.10 Å². The fourth-order valence-electron chi connectivity index (χ4n) is 1.62. The first-order valence-electron chi connectivity index (χ1n) is 5.50. The molecule has 0 saturated heterocycles. The second-order valence-corrected chi connectivity index (χ2v) is 4.54. The van der Waals surface area contributed by atoms with Crippen molar-refractivity contribution in [3.05, 3.63) is 64.4 Å². The quantitative estimate of drug-likeness (QED) is 0.903. The molecular weight excluding hydrogens is 234 g/mol. The van der Waals surface area contributed by atoms with Gasteiger partial charge in [0.05, 0.1) is 11.8 Å². The molecule has 0 radical (unpaired) electrons. The van der Waals surface area contributed by atoms with Crippen LogP contribution in [0.3, 0.4) is 0 Å². The number of pyridine rings is 1. The van der Waals surface area contributed by atoms with Crippen LogP contribution in [0.15, 0.2) is 42.6 Å². The molecule has 88 valence electrons. The Morgan fingerprint density at radius 3 is 2.47 bits per heavy atom. The van der Waals surface area contributed by atoms with Crippen molar-refractivity contribution in [1.29, 1.82) is 0 Å². The van der Waals surface area contributed by atoms with Crippen LogP contribution in [-0.2, 0) is 6.42 Å². The van der Waals surface area contributed by atoms with Gasteiger partial charge < -0.3 is 5.11 Å². The van der Waals surface area contributed by atoms with Gasteiger partial charge in [0, 0.05) is 17.6 Å². The molecule has 2 aromatic rings. The minimum atomic E-state index is -0.572. The van der Waals surface area contributed by atoms with Gasteiger partial charge in [-0.25, -0.2) is 0 Å². The molecular formula is C14H14ClNO. The van der Waals surface area contributed by atoms with E-state index in [0.29, 0.717) is 17.1 Å². The number of aliphatic hydroxyl groups excluding tert-OH is 1. The molecule has 0 amide bonds. The highest BCUT2D eigenvalue weighted by Crippen LogP contribution is 2.18. The predicted molar refractivity (Wildman–Crippen MR) is 69.1 cm³/mol. The van der Waals surface area contributed by atoms with Crippen LogP contribution in [0, 0.1) is 6.92 Å². The number of halogens is 1. The van der Waals surface area contributed by atoms with Gasteiger partial charge in [-0.05, 0) is 36.2 Å². The van der Waals surface area contributed by atoms with Crippen LogP contribution < -0.4 is 0 Å². The molecule has 1 N–H and O–H groups in total. The van der Waals surface area contributed by atoms with Crippen molar-refractivity contribution in [3.63, 3.8) is 0 Å². The van der Waals surface area contributed by atoms with E-state index in [2.05, 4.69) is 4.98 Å². The zero-order chi connectivity index (χ0) is 12.3. The molecule has 1 atom stereocenters. The normalized spacial score (nSPS) is 12.4. The van der Waals surface area contributed by atoms with Gasteiger partial charge in [0.2, 0.25) is 0 Å². The molecule has 1 aromatic heterocycles. The molecule has 3 heteroatoms. The summed E-state index contributed by atoms with van der Waals surface area (Å²) in [5.41, 5.74) is 2.84. The molecule has 0 spiro atoms. The van der Waals surface area contributed by atoms with Crippen molar-refractivity contribution in [2.24, 2.45) is 0 Å². The maximum atomic E-state index is 10.0. The van der Waals surface area contributed by atoms with E-state index >= 15 is 0 Å². The van der Waals surface area contributed by atoms with Crippen LogP contribution in [0.1, 0.15) is 22.9 Å². The van der Waals surface area contributed by atoms with Crippen LogP contribution in [0.2, 0.25) is 5.02 Å². The van der Waals surface area contributed by atoms with Gasteiger partial charge in [-0.2, -0.15) is 0 Å². The first kappa shape index (κ1) is 12.1. The van der Waals surface area contributed by atoms with Crippen molar-refractivity contribution >= 4 is 11.6 Å². The predicted octanol–water partition coefficient (Wildman–Crippen LogP) is 3.32. The highest BCUT2D eigenvalue weighted by molar-refractivity contribution is 6.30. The van der Waals surface area contributed by atoms with Gasteiger partial charge in [-0.1, -0.05) is 29.8 Å². The zero-order valence-corrected chi connectivity index (χ0v) is 10.4. The molecule has 0 aliphatic heterocycles. The van der Waals surface area contributed by atoms with Crippen LogP contribution >= 0.6 is 11.6 Å². The molecule has 1 heterocycles. The summed E-state index contributed by atoms with van der Waals surface area (Å²) in [6.45, 7) is 1.97. The van der Waals surface area contributed by atoms with Crippen molar-refractivity contribution in [2.45, 2.75) is 19.4 Å². The number of hydrogen-bond acceptors (Lipinski definition) is 2. The van der Waals surface area contributed by atoms with Crippen molar-refractivity contribution in [1.82, 2.24) is 4.98 Å². The smallest absolute Gasteiger partial charge is 0.0999 e. The van der Waals surface area contributed by atoms with Crippen LogP contribution in [0.25, 0.3) is 0 Å². The number of benzene rings is 1. The van der Waals surface area contributed by atoms with E-state index in [9.17, 15) is 5.11 Å². The minimum Gasteiger partial charge on any atom is -0.386 e. The Morgan fingerprint density at radius 2 is 1.88 bits per heavy atom. The summed E-state index contributed by atoms with van der Waals surface area (Å²) in [5, 5.41) is 10.7. The van der Waals surface area contributed by atoms with Crippen LogP contribution in [0.4, 0.5) is 0 Å². The first-order chi connectivity index (χ1) is 8.15. The maximum Gasteiger partial charge on any atom is 0.0999 e.